The third-order valence-corrected chi connectivity index (χ3v) is 5.10. The molecule has 0 fully saturated rings. The predicted octanol–water partition coefficient (Wildman–Crippen LogP) is 4.46. The molecule has 2 aromatic carbocycles. The fraction of sp³-hybridized carbons (Fsp3) is 0.316. The van der Waals surface area contributed by atoms with E-state index in [1.807, 2.05) is 17.0 Å². The molecule has 0 N–H and O–H groups in total. The van der Waals surface area contributed by atoms with E-state index < -0.39 is 0 Å². The summed E-state index contributed by atoms with van der Waals surface area (Å²) in [6.45, 7) is 4.22. The predicted molar refractivity (Wildman–Crippen MR) is 93.6 cm³/mol. The van der Waals surface area contributed by atoms with Gasteiger partial charge in [0.1, 0.15) is 0 Å². The third kappa shape index (κ3) is 3.20. The van der Waals surface area contributed by atoms with Crippen molar-refractivity contribution in [3.8, 4) is 0 Å². The smallest absolute Gasteiger partial charge is 0.228 e. The number of para-hydroxylation sites is 1. The van der Waals surface area contributed by atoms with Crippen LogP contribution >= 0.6 is 11.8 Å². The Labute approximate surface area is 136 Å². The quantitative estimate of drug-likeness (QED) is 0.777. The normalized spacial score (nSPS) is 16.6. The second-order valence-electron chi connectivity index (χ2n) is 5.86. The van der Waals surface area contributed by atoms with Gasteiger partial charge >= 0.3 is 0 Å². The van der Waals surface area contributed by atoms with E-state index in [0.717, 1.165) is 17.9 Å². The Balaban J connectivity index is 1.59. The number of aryl methyl sites for hydroxylation is 1. The second kappa shape index (κ2) is 6.57. The van der Waals surface area contributed by atoms with Crippen LogP contribution in [0.15, 0.2) is 53.4 Å². The largest absolute Gasteiger partial charge is 0.309 e. The number of nitrogens with zero attached hydrogens (tertiary/aromatic N) is 1. The number of anilines is 1. The molecule has 3 heteroatoms. The van der Waals surface area contributed by atoms with Crippen LogP contribution in [0.4, 0.5) is 5.69 Å². The Bertz CT molecular complexity index is 665. The molecule has 2 nitrogen and oxygen atoms in total. The van der Waals surface area contributed by atoms with Crippen molar-refractivity contribution in [2.45, 2.75) is 37.6 Å². The molecule has 0 radical (unpaired) electrons. The molecule has 0 unspecified atom stereocenters. The van der Waals surface area contributed by atoms with E-state index in [1.54, 1.807) is 11.8 Å². The lowest BCUT2D eigenvalue weighted by Crippen LogP contribution is -2.35. The standard InChI is InChI=1S/C19H21NOS/c1-14-7-9-17(10-8-14)22-12-11-19(21)20-15(2)13-16-5-3-4-6-18(16)20/h3-10,15H,11-13H2,1-2H3/t15-/m0/s1. The molecule has 0 bridgehead atoms. The van der Waals surface area contributed by atoms with Gasteiger partial charge in [-0.1, -0.05) is 35.9 Å². The SMILES string of the molecule is Cc1ccc(SCCC(=O)N2c3ccccc3C[C@@H]2C)cc1. The van der Waals surface area contributed by atoms with Crippen LogP contribution in [0.3, 0.4) is 0 Å². The molecular weight excluding hydrogens is 290 g/mol. The number of hydrogen-bond acceptors (Lipinski definition) is 2. The summed E-state index contributed by atoms with van der Waals surface area (Å²) in [7, 11) is 0. The zero-order valence-electron chi connectivity index (χ0n) is 13.1. The molecule has 0 saturated heterocycles. The Kier molecular flexibility index (Phi) is 4.53. The van der Waals surface area contributed by atoms with Crippen LogP contribution < -0.4 is 4.90 Å². The van der Waals surface area contributed by atoms with Crippen LogP contribution in [0.2, 0.25) is 0 Å². The van der Waals surface area contributed by atoms with Crippen LogP contribution in [-0.2, 0) is 11.2 Å². The van der Waals surface area contributed by atoms with Crippen molar-refractivity contribution in [2.24, 2.45) is 0 Å². The van der Waals surface area contributed by atoms with Crippen LogP contribution in [0.25, 0.3) is 0 Å². The summed E-state index contributed by atoms with van der Waals surface area (Å²) in [6.07, 6.45) is 1.55. The number of hydrogen-bond donors (Lipinski definition) is 0. The zero-order valence-corrected chi connectivity index (χ0v) is 13.9. The monoisotopic (exact) mass is 311 g/mol. The van der Waals surface area contributed by atoms with Gasteiger partial charge in [0.2, 0.25) is 5.91 Å². The topological polar surface area (TPSA) is 20.3 Å². The minimum atomic E-state index is 0.233. The molecule has 1 aliphatic rings. The van der Waals surface area contributed by atoms with Crippen molar-refractivity contribution in [2.75, 3.05) is 10.7 Å². The van der Waals surface area contributed by atoms with Gasteiger partial charge < -0.3 is 4.90 Å². The van der Waals surface area contributed by atoms with Crippen molar-refractivity contribution in [3.05, 3.63) is 59.7 Å². The maximum Gasteiger partial charge on any atom is 0.228 e. The van der Waals surface area contributed by atoms with Gasteiger partial charge in [-0.3, -0.25) is 4.79 Å². The van der Waals surface area contributed by atoms with Crippen LogP contribution in [-0.4, -0.2) is 17.7 Å². The van der Waals surface area contributed by atoms with Crippen LogP contribution in [0.5, 0.6) is 0 Å². The lowest BCUT2D eigenvalue weighted by atomic mass is 10.1. The molecule has 1 amide bonds. The number of carbonyl (C=O) groups excluding carboxylic acids is 1. The van der Waals surface area contributed by atoms with E-state index in [-0.39, 0.29) is 11.9 Å². The second-order valence-corrected chi connectivity index (χ2v) is 7.03. The highest BCUT2D eigenvalue weighted by Crippen LogP contribution is 2.32. The number of benzene rings is 2. The molecule has 22 heavy (non-hydrogen) atoms. The van der Waals surface area contributed by atoms with Gasteiger partial charge in [-0.2, -0.15) is 0 Å². The first-order chi connectivity index (χ1) is 10.6. The van der Waals surface area contributed by atoms with E-state index in [9.17, 15) is 4.79 Å². The van der Waals surface area contributed by atoms with Crippen molar-refractivity contribution in [3.63, 3.8) is 0 Å². The summed E-state index contributed by atoms with van der Waals surface area (Å²) in [6, 6.07) is 17.0. The summed E-state index contributed by atoms with van der Waals surface area (Å²) in [5, 5.41) is 0. The van der Waals surface area contributed by atoms with Crippen LogP contribution in [0, 0.1) is 6.92 Å². The van der Waals surface area contributed by atoms with Gasteiger partial charge in [0, 0.05) is 28.8 Å². The fourth-order valence-corrected chi connectivity index (χ4v) is 3.80. The molecule has 3 rings (SSSR count). The number of amides is 1. The summed E-state index contributed by atoms with van der Waals surface area (Å²) in [5.41, 5.74) is 3.65. The minimum absolute atomic E-state index is 0.233. The Hall–Kier alpha value is -1.74. The molecule has 0 aromatic heterocycles. The maximum atomic E-state index is 12.6. The summed E-state index contributed by atoms with van der Waals surface area (Å²) in [5.74, 6) is 1.06. The van der Waals surface area contributed by atoms with Crippen LogP contribution in [0.1, 0.15) is 24.5 Å². The van der Waals surface area contributed by atoms with Gasteiger partial charge in [0.25, 0.3) is 0 Å². The molecular formula is C19H21NOS. The average Bonchev–Trinajstić information content (AvgIpc) is 2.85. The molecule has 114 valence electrons. The third-order valence-electron chi connectivity index (χ3n) is 4.08. The summed E-state index contributed by atoms with van der Waals surface area (Å²) < 4.78 is 0. The molecule has 0 saturated carbocycles. The first-order valence-electron chi connectivity index (χ1n) is 7.74. The maximum absolute atomic E-state index is 12.6. The molecule has 1 atom stereocenters. The lowest BCUT2D eigenvalue weighted by Gasteiger charge is -2.22. The Morgan fingerprint density at radius 1 is 1.18 bits per heavy atom. The molecule has 0 aliphatic carbocycles. The van der Waals surface area contributed by atoms with E-state index >= 15 is 0 Å². The fourth-order valence-electron chi connectivity index (χ4n) is 2.96. The van der Waals surface area contributed by atoms with E-state index in [1.165, 1.54) is 16.0 Å². The highest BCUT2D eigenvalue weighted by Gasteiger charge is 2.29. The first kappa shape index (κ1) is 15.2. The average molecular weight is 311 g/mol. The van der Waals surface area contributed by atoms with Gasteiger partial charge in [0.05, 0.1) is 0 Å². The lowest BCUT2D eigenvalue weighted by molar-refractivity contribution is -0.118. The zero-order chi connectivity index (χ0) is 15.5. The summed E-state index contributed by atoms with van der Waals surface area (Å²) >= 11 is 1.75. The molecule has 2 aromatic rings. The van der Waals surface area contributed by atoms with E-state index in [2.05, 4.69) is 50.2 Å². The number of carbonyl (C=O) groups is 1. The van der Waals surface area contributed by atoms with Crippen molar-refractivity contribution in [1.82, 2.24) is 0 Å². The van der Waals surface area contributed by atoms with E-state index in [4.69, 9.17) is 0 Å². The minimum Gasteiger partial charge on any atom is -0.309 e. The van der Waals surface area contributed by atoms with Gasteiger partial charge in [0.15, 0.2) is 0 Å². The molecule has 1 aliphatic heterocycles. The number of rotatable bonds is 4. The Morgan fingerprint density at radius 2 is 1.91 bits per heavy atom. The molecule has 0 spiro atoms. The summed E-state index contributed by atoms with van der Waals surface area (Å²) in [4.78, 5) is 15.8. The highest BCUT2D eigenvalue weighted by molar-refractivity contribution is 7.99. The number of fused-ring (bicyclic) bond motifs is 1. The van der Waals surface area contributed by atoms with Crippen molar-refractivity contribution >= 4 is 23.4 Å². The van der Waals surface area contributed by atoms with Crippen molar-refractivity contribution < 1.29 is 4.79 Å². The molecule has 1 heterocycles. The Morgan fingerprint density at radius 3 is 2.68 bits per heavy atom. The number of thioether (sulfide) groups is 1. The first-order valence-corrected chi connectivity index (χ1v) is 8.73. The van der Waals surface area contributed by atoms with Gasteiger partial charge in [-0.15, -0.1) is 11.8 Å². The van der Waals surface area contributed by atoms with E-state index in [0.29, 0.717) is 6.42 Å². The van der Waals surface area contributed by atoms with Gasteiger partial charge in [-0.05, 0) is 44.0 Å². The highest BCUT2D eigenvalue weighted by atomic mass is 32.2. The van der Waals surface area contributed by atoms with Crippen molar-refractivity contribution in [1.29, 1.82) is 0 Å². The van der Waals surface area contributed by atoms with Gasteiger partial charge in [-0.25, -0.2) is 0 Å².